The highest BCUT2D eigenvalue weighted by Crippen LogP contribution is 2.47. The minimum absolute atomic E-state index is 0.227. The van der Waals surface area contributed by atoms with Crippen LogP contribution in [0.1, 0.15) is 24.0 Å². The number of ether oxygens (including phenoxy) is 1. The van der Waals surface area contributed by atoms with Gasteiger partial charge in [-0.1, -0.05) is 12.1 Å². The Kier molecular flexibility index (Phi) is 4.44. The van der Waals surface area contributed by atoms with Gasteiger partial charge in [-0.15, -0.1) is 0 Å². The van der Waals surface area contributed by atoms with Crippen LogP contribution in [0.3, 0.4) is 0 Å². The maximum absolute atomic E-state index is 13.2. The average Bonchev–Trinajstić information content (AvgIpc) is 3.37. The highest BCUT2D eigenvalue weighted by Gasteiger charge is 2.57. The van der Waals surface area contributed by atoms with E-state index in [1.165, 1.54) is 12.1 Å². The summed E-state index contributed by atoms with van der Waals surface area (Å²) < 4.78 is 18.8. The molecule has 2 aromatic rings. The molecule has 2 aromatic carbocycles. The van der Waals surface area contributed by atoms with Crippen molar-refractivity contribution >= 4 is 17.6 Å². The molecule has 0 heterocycles. The molecule has 1 aliphatic carbocycles. The molecule has 1 fully saturated rings. The lowest BCUT2D eigenvalue weighted by Gasteiger charge is -2.14. The summed E-state index contributed by atoms with van der Waals surface area (Å²) in [4.78, 5) is 23.3. The molecular weight excluding hydrogens is 325 g/mol. The number of halogens is 1. The molecule has 1 saturated carbocycles. The molecule has 0 aromatic heterocycles. The van der Waals surface area contributed by atoms with Crippen molar-refractivity contribution in [3.05, 3.63) is 59.4 Å². The summed E-state index contributed by atoms with van der Waals surface area (Å²) in [6, 6.07) is 11.3. The fraction of sp³-hybridized carbons (Fsp3) is 0.263. The van der Waals surface area contributed by atoms with E-state index in [9.17, 15) is 14.0 Å². The van der Waals surface area contributed by atoms with Gasteiger partial charge in [-0.05, 0) is 61.2 Å². The molecule has 1 aliphatic rings. The van der Waals surface area contributed by atoms with Crippen molar-refractivity contribution in [3.63, 3.8) is 0 Å². The van der Waals surface area contributed by atoms with Gasteiger partial charge in [0, 0.05) is 5.69 Å². The Hall–Kier alpha value is -2.89. The fourth-order valence-corrected chi connectivity index (χ4v) is 2.56. The number of carbonyl (C=O) groups excluding carboxylic acids is 1. The molecule has 3 rings (SSSR count). The molecule has 6 heteroatoms. The van der Waals surface area contributed by atoms with Crippen molar-refractivity contribution in [1.29, 1.82) is 0 Å². The lowest BCUT2D eigenvalue weighted by Crippen LogP contribution is -2.31. The number of nitrogens with one attached hydrogen (secondary N) is 1. The molecule has 0 radical (unpaired) electrons. The summed E-state index contributed by atoms with van der Waals surface area (Å²) in [5, 5.41) is 11.8. The van der Waals surface area contributed by atoms with Crippen LogP contribution in [0.4, 0.5) is 10.1 Å². The van der Waals surface area contributed by atoms with Gasteiger partial charge >= 0.3 is 5.97 Å². The molecule has 25 heavy (non-hydrogen) atoms. The predicted octanol–water partition coefficient (Wildman–Crippen LogP) is 3.52. The highest BCUT2D eigenvalue weighted by molar-refractivity contribution is 6.11. The van der Waals surface area contributed by atoms with Crippen LogP contribution in [0.2, 0.25) is 0 Å². The van der Waals surface area contributed by atoms with Crippen molar-refractivity contribution in [1.82, 2.24) is 0 Å². The van der Waals surface area contributed by atoms with Gasteiger partial charge in [-0.2, -0.15) is 0 Å². The van der Waals surface area contributed by atoms with E-state index >= 15 is 0 Å². The zero-order valence-corrected chi connectivity index (χ0v) is 13.7. The number of aryl methyl sites for hydroxylation is 1. The van der Waals surface area contributed by atoms with Gasteiger partial charge < -0.3 is 15.2 Å². The number of rotatable bonds is 6. The minimum atomic E-state index is -1.28. The van der Waals surface area contributed by atoms with Crippen molar-refractivity contribution in [2.45, 2.75) is 26.4 Å². The summed E-state index contributed by atoms with van der Waals surface area (Å²) in [6.45, 7) is 2.02. The van der Waals surface area contributed by atoms with Crippen LogP contribution < -0.4 is 10.1 Å². The van der Waals surface area contributed by atoms with Crippen molar-refractivity contribution in [3.8, 4) is 5.75 Å². The number of anilines is 1. The number of benzene rings is 2. The molecule has 0 saturated heterocycles. The third-order valence-corrected chi connectivity index (χ3v) is 4.33. The third kappa shape index (κ3) is 3.63. The number of carbonyl (C=O) groups is 2. The lowest BCUT2D eigenvalue weighted by molar-refractivity contribution is -0.147. The number of aliphatic carboxylic acids is 1. The molecule has 5 nitrogen and oxygen atoms in total. The van der Waals surface area contributed by atoms with Crippen LogP contribution in [0.25, 0.3) is 0 Å². The monoisotopic (exact) mass is 343 g/mol. The summed E-state index contributed by atoms with van der Waals surface area (Å²) in [5.41, 5.74) is 0.744. The van der Waals surface area contributed by atoms with E-state index < -0.39 is 17.3 Å². The maximum Gasteiger partial charge on any atom is 0.319 e. The van der Waals surface area contributed by atoms with Crippen molar-refractivity contribution in [2.75, 3.05) is 5.32 Å². The first kappa shape index (κ1) is 17.0. The largest absolute Gasteiger partial charge is 0.489 e. The summed E-state index contributed by atoms with van der Waals surface area (Å²) in [5.74, 6) is -1.31. The van der Waals surface area contributed by atoms with Gasteiger partial charge in [0.05, 0.1) is 0 Å². The van der Waals surface area contributed by atoms with E-state index in [0.717, 1.165) is 5.56 Å². The predicted molar refractivity (Wildman–Crippen MR) is 89.8 cm³/mol. The Labute approximate surface area is 144 Å². The smallest absolute Gasteiger partial charge is 0.319 e. The lowest BCUT2D eigenvalue weighted by atomic mass is 10.1. The summed E-state index contributed by atoms with van der Waals surface area (Å²) in [7, 11) is 0. The Bertz CT molecular complexity index is 830. The molecule has 0 aliphatic heterocycles. The molecule has 1 amide bonds. The zero-order valence-electron chi connectivity index (χ0n) is 13.7. The van der Waals surface area contributed by atoms with Crippen LogP contribution in [0.5, 0.6) is 5.75 Å². The average molecular weight is 343 g/mol. The van der Waals surface area contributed by atoms with Gasteiger partial charge in [0.2, 0.25) is 5.91 Å². The van der Waals surface area contributed by atoms with Crippen LogP contribution in [0.15, 0.2) is 42.5 Å². The van der Waals surface area contributed by atoms with Crippen LogP contribution in [-0.2, 0) is 16.2 Å². The topological polar surface area (TPSA) is 75.6 Å². The van der Waals surface area contributed by atoms with E-state index in [-0.39, 0.29) is 12.4 Å². The fourth-order valence-electron chi connectivity index (χ4n) is 2.56. The standard InChI is InChI=1S/C19H18FNO4/c1-12-9-15(25-11-13-3-2-4-14(20)10-13)5-6-16(12)21-17(22)19(7-8-19)18(23)24/h2-6,9-10H,7-8,11H2,1H3,(H,21,22)(H,23,24). The van der Waals surface area contributed by atoms with E-state index in [2.05, 4.69) is 5.32 Å². The van der Waals surface area contributed by atoms with Gasteiger partial charge in [-0.3, -0.25) is 9.59 Å². The Morgan fingerprint density at radius 1 is 1.24 bits per heavy atom. The number of carboxylic acid groups (broad SMARTS) is 1. The molecule has 0 atom stereocenters. The number of carboxylic acids is 1. The molecule has 0 spiro atoms. The second-order valence-corrected chi connectivity index (χ2v) is 6.24. The SMILES string of the molecule is Cc1cc(OCc2cccc(F)c2)ccc1NC(=O)C1(C(=O)O)CC1. The molecule has 0 bridgehead atoms. The molecular formula is C19H18FNO4. The normalized spacial score (nSPS) is 14.6. The Balaban J connectivity index is 1.65. The van der Waals surface area contributed by atoms with Gasteiger partial charge in [0.1, 0.15) is 23.6 Å². The zero-order chi connectivity index (χ0) is 18.0. The van der Waals surface area contributed by atoms with Gasteiger partial charge in [0.25, 0.3) is 0 Å². The van der Waals surface area contributed by atoms with Crippen molar-refractivity contribution < 1.29 is 23.8 Å². The first-order valence-electron chi connectivity index (χ1n) is 7.93. The second-order valence-electron chi connectivity index (χ2n) is 6.24. The Morgan fingerprint density at radius 2 is 2.00 bits per heavy atom. The summed E-state index contributed by atoms with van der Waals surface area (Å²) >= 11 is 0. The van der Waals surface area contributed by atoms with E-state index in [1.807, 2.05) is 0 Å². The quantitative estimate of drug-likeness (QED) is 0.787. The van der Waals surface area contributed by atoms with Crippen LogP contribution in [0, 0.1) is 18.2 Å². The second kappa shape index (κ2) is 6.55. The van der Waals surface area contributed by atoms with E-state index in [4.69, 9.17) is 9.84 Å². The molecule has 0 unspecified atom stereocenters. The maximum atomic E-state index is 13.2. The highest BCUT2D eigenvalue weighted by atomic mass is 19.1. The number of hydrogen-bond donors (Lipinski definition) is 2. The first-order valence-corrected chi connectivity index (χ1v) is 7.93. The van der Waals surface area contributed by atoms with E-state index in [0.29, 0.717) is 29.8 Å². The first-order chi connectivity index (χ1) is 11.9. The van der Waals surface area contributed by atoms with Crippen LogP contribution >= 0.6 is 0 Å². The van der Waals surface area contributed by atoms with Gasteiger partial charge in [0.15, 0.2) is 0 Å². The third-order valence-electron chi connectivity index (χ3n) is 4.33. The minimum Gasteiger partial charge on any atom is -0.489 e. The van der Waals surface area contributed by atoms with Gasteiger partial charge in [-0.25, -0.2) is 4.39 Å². The Morgan fingerprint density at radius 3 is 2.60 bits per heavy atom. The number of hydrogen-bond acceptors (Lipinski definition) is 3. The van der Waals surface area contributed by atoms with E-state index in [1.54, 1.807) is 37.3 Å². The van der Waals surface area contributed by atoms with Crippen LogP contribution in [-0.4, -0.2) is 17.0 Å². The summed E-state index contributed by atoms with van der Waals surface area (Å²) in [6.07, 6.45) is 0.726. The number of amides is 1. The van der Waals surface area contributed by atoms with Crippen molar-refractivity contribution in [2.24, 2.45) is 5.41 Å². The molecule has 2 N–H and O–H groups in total. The molecule has 130 valence electrons.